The molecular formula is C7H11BrO4. The predicted octanol–water partition coefficient (Wildman–Crippen LogP) is 0.876. The summed E-state index contributed by atoms with van der Waals surface area (Å²) in [6.45, 7) is 3.14. The number of halogens is 1. The molecule has 12 heavy (non-hydrogen) atoms. The van der Waals surface area contributed by atoms with Gasteiger partial charge in [0, 0.05) is 0 Å². The highest BCUT2D eigenvalue weighted by atomic mass is 79.9. The van der Waals surface area contributed by atoms with Crippen LogP contribution in [0.3, 0.4) is 0 Å². The summed E-state index contributed by atoms with van der Waals surface area (Å²) >= 11 is 2.89. The zero-order valence-corrected chi connectivity index (χ0v) is 8.59. The van der Waals surface area contributed by atoms with E-state index in [1.165, 1.54) is 0 Å². The van der Waals surface area contributed by atoms with E-state index in [9.17, 15) is 9.59 Å². The zero-order chi connectivity index (χ0) is 9.56. The van der Waals surface area contributed by atoms with Crippen LogP contribution >= 0.6 is 15.9 Å². The van der Waals surface area contributed by atoms with Gasteiger partial charge in [-0.2, -0.15) is 0 Å². The summed E-state index contributed by atoms with van der Waals surface area (Å²) in [7, 11) is 0. The molecule has 0 N–H and O–H groups in total. The Hall–Kier alpha value is -0.580. The number of carbonyl (C=O) groups is 2. The number of carbonyl (C=O) groups excluding carboxylic acids is 2. The van der Waals surface area contributed by atoms with Gasteiger partial charge in [-0.25, -0.2) is 4.79 Å². The first-order chi connectivity index (χ1) is 5.56. The van der Waals surface area contributed by atoms with Crippen LogP contribution in [-0.4, -0.2) is 30.0 Å². The topological polar surface area (TPSA) is 52.6 Å². The van der Waals surface area contributed by atoms with Gasteiger partial charge in [0.05, 0.1) is 6.10 Å². The number of ether oxygens (including phenoxy) is 2. The van der Waals surface area contributed by atoms with Gasteiger partial charge in [0.25, 0.3) is 0 Å². The molecule has 0 aliphatic carbocycles. The van der Waals surface area contributed by atoms with E-state index < -0.39 is 11.9 Å². The lowest BCUT2D eigenvalue weighted by molar-refractivity contribution is -0.159. The van der Waals surface area contributed by atoms with E-state index in [1.807, 2.05) is 0 Å². The van der Waals surface area contributed by atoms with Gasteiger partial charge in [0.1, 0.15) is 5.33 Å². The number of hydrogen-bond acceptors (Lipinski definition) is 4. The first-order valence-electron chi connectivity index (χ1n) is 3.47. The minimum atomic E-state index is -0.528. The highest BCUT2D eigenvalue weighted by molar-refractivity contribution is 9.09. The second-order valence-corrected chi connectivity index (χ2v) is 2.89. The van der Waals surface area contributed by atoms with Crippen LogP contribution < -0.4 is 0 Å². The third-order valence-electron chi connectivity index (χ3n) is 0.827. The third kappa shape index (κ3) is 6.15. The molecule has 0 aromatic rings. The first-order valence-corrected chi connectivity index (χ1v) is 4.59. The molecule has 4 nitrogen and oxygen atoms in total. The lowest BCUT2D eigenvalue weighted by atomic mass is 10.5. The number of esters is 2. The second kappa shape index (κ2) is 5.99. The summed E-state index contributed by atoms with van der Waals surface area (Å²) < 4.78 is 9.21. The molecule has 0 amide bonds. The summed E-state index contributed by atoms with van der Waals surface area (Å²) in [6, 6.07) is 0. The fraction of sp³-hybridized carbons (Fsp3) is 0.714. The zero-order valence-electron chi connectivity index (χ0n) is 7.00. The summed E-state index contributed by atoms with van der Waals surface area (Å²) in [6.07, 6.45) is -0.180. The molecule has 0 aliphatic heterocycles. The van der Waals surface area contributed by atoms with Crippen molar-refractivity contribution in [1.82, 2.24) is 0 Å². The highest BCUT2D eigenvalue weighted by Gasteiger charge is 2.08. The molecule has 0 fully saturated rings. The van der Waals surface area contributed by atoms with Gasteiger partial charge < -0.3 is 9.47 Å². The van der Waals surface area contributed by atoms with Crippen LogP contribution in [0.25, 0.3) is 0 Å². The molecule has 0 saturated heterocycles. The Morgan fingerprint density at radius 1 is 1.33 bits per heavy atom. The monoisotopic (exact) mass is 238 g/mol. The van der Waals surface area contributed by atoms with E-state index >= 15 is 0 Å². The van der Waals surface area contributed by atoms with Crippen LogP contribution in [0.4, 0.5) is 0 Å². The molecular weight excluding hydrogens is 228 g/mol. The smallest absolute Gasteiger partial charge is 0.344 e. The van der Waals surface area contributed by atoms with Crippen LogP contribution in [0.2, 0.25) is 0 Å². The van der Waals surface area contributed by atoms with E-state index in [2.05, 4.69) is 20.7 Å². The SMILES string of the molecule is CC(C)OC(=O)COC(=O)CBr. The Balaban J connectivity index is 3.51. The standard InChI is InChI=1S/C7H11BrO4/c1-5(2)12-7(10)4-11-6(9)3-8/h5H,3-4H2,1-2H3. The van der Waals surface area contributed by atoms with Crippen molar-refractivity contribution in [2.24, 2.45) is 0 Å². The van der Waals surface area contributed by atoms with Gasteiger partial charge in [-0.15, -0.1) is 0 Å². The molecule has 0 atom stereocenters. The van der Waals surface area contributed by atoms with E-state index in [-0.39, 0.29) is 18.0 Å². The third-order valence-corrected chi connectivity index (χ3v) is 1.29. The minimum absolute atomic E-state index is 0.0853. The molecule has 0 unspecified atom stereocenters. The molecule has 70 valence electrons. The summed E-state index contributed by atoms with van der Waals surface area (Å²) in [5.41, 5.74) is 0. The van der Waals surface area contributed by atoms with Crippen molar-refractivity contribution in [3.63, 3.8) is 0 Å². The van der Waals surface area contributed by atoms with Crippen molar-refractivity contribution < 1.29 is 19.1 Å². The Bertz CT molecular complexity index is 167. The van der Waals surface area contributed by atoms with Gasteiger partial charge in [0.2, 0.25) is 0 Å². The summed E-state index contributed by atoms with van der Waals surface area (Å²) in [4.78, 5) is 21.3. The molecule has 0 saturated carbocycles. The maximum Gasteiger partial charge on any atom is 0.344 e. The normalized spacial score (nSPS) is 9.67. The fourth-order valence-corrected chi connectivity index (χ4v) is 0.637. The molecule has 0 aromatic heterocycles. The van der Waals surface area contributed by atoms with E-state index in [0.29, 0.717) is 0 Å². The Kier molecular flexibility index (Phi) is 5.70. The van der Waals surface area contributed by atoms with Crippen molar-refractivity contribution in [3.8, 4) is 0 Å². The quantitative estimate of drug-likeness (QED) is 0.539. The van der Waals surface area contributed by atoms with E-state index in [4.69, 9.17) is 4.74 Å². The van der Waals surface area contributed by atoms with Crippen LogP contribution in [0.15, 0.2) is 0 Å². The lowest BCUT2D eigenvalue weighted by Crippen LogP contribution is -2.19. The van der Waals surface area contributed by atoms with Crippen molar-refractivity contribution >= 4 is 27.9 Å². The number of alkyl halides is 1. The van der Waals surface area contributed by atoms with Crippen molar-refractivity contribution in [3.05, 3.63) is 0 Å². The molecule has 0 aromatic carbocycles. The predicted molar refractivity (Wildman–Crippen MR) is 46.0 cm³/mol. The largest absolute Gasteiger partial charge is 0.460 e. The van der Waals surface area contributed by atoms with Gasteiger partial charge in [-0.1, -0.05) is 15.9 Å². The second-order valence-electron chi connectivity index (χ2n) is 2.33. The van der Waals surface area contributed by atoms with Gasteiger partial charge in [0.15, 0.2) is 6.61 Å². The molecule has 0 radical (unpaired) electrons. The lowest BCUT2D eigenvalue weighted by Gasteiger charge is -2.07. The number of rotatable bonds is 4. The number of hydrogen-bond donors (Lipinski definition) is 0. The highest BCUT2D eigenvalue weighted by Crippen LogP contribution is 1.91. The Labute approximate surface area is 79.3 Å². The maximum atomic E-state index is 10.8. The van der Waals surface area contributed by atoms with Crippen LogP contribution in [0.1, 0.15) is 13.8 Å². The average Bonchev–Trinajstić information content (AvgIpc) is 1.99. The summed E-state index contributed by atoms with van der Waals surface area (Å²) in [5.74, 6) is -1.00. The van der Waals surface area contributed by atoms with Gasteiger partial charge in [-0.05, 0) is 13.8 Å². The minimum Gasteiger partial charge on any atom is -0.460 e. The fourth-order valence-electron chi connectivity index (χ4n) is 0.475. The molecule has 0 rings (SSSR count). The molecule has 0 heterocycles. The van der Waals surface area contributed by atoms with Crippen molar-refractivity contribution in [2.75, 3.05) is 11.9 Å². The first kappa shape index (κ1) is 11.4. The van der Waals surface area contributed by atoms with E-state index in [0.717, 1.165) is 0 Å². The Morgan fingerprint density at radius 2 is 1.92 bits per heavy atom. The van der Waals surface area contributed by atoms with Gasteiger partial charge in [-0.3, -0.25) is 4.79 Å². The average molecular weight is 239 g/mol. The van der Waals surface area contributed by atoms with Crippen LogP contribution in [0.5, 0.6) is 0 Å². The van der Waals surface area contributed by atoms with Crippen LogP contribution in [0, 0.1) is 0 Å². The summed E-state index contributed by atoms with van der Waals surface area (Å²) in [5, 5.41) is 0.0853. The maximum absolute atomic E-state index is 10.8. The Morgan fingerprint density at radius 3 is 2.33 bits per heavy atom. The van der Waals surface area contributed by atoms with Crippen LogP contribution in [-0.2, 0) is 19.1 Å². The van der Waals surface area contributed by atoms with E-state index in [1.54, 1.807) is 13.8 Å². The molecule has 5 heteroatoms. The molecule has 0 bridgehead atoms. The van der Waals surface area contributed by atoms with Crippen molar-refractivity contribution in [1.29, 1.82) is 0 Å². The molecule has 0 spiro atoms. The van der Waals surface area contributed by atoms with Crippen molar-refractivity contribution in [2.45, 2.75) is 20.0 Å². The van der Waals surface area contributed by atoms with Gasteiger partial charge >= 0.3 is 11.9 Å². The molecule has 0 aliphatic rings.